The lowest BCUT2D eigenvalue weighted by Crippen LogP contribution is -2.46. The predicted octanol–water partition coefficient (Wildman–Crippen LogP) is 5.22. The van der Waals surface area contributed by atoms with Crippen LogP contribution in [0.15, 0.2) is 30.8 Å². The van der Waals surface area contributed by atoms with Crippen molar-refractivity contribution in [2.24, 2.45) is 0 Å². The summed E-state index contributed by atoms with van der Waals surface area (Å²) in [6, 6.07) is 9.20. The Kier molecular flexibility index (Phi) is 8.64. The molecule has 3 nitrogen and oxygen atoms in total. The van der Waals surface area contributed by atoms with E-state index in [-0.39, 0.29) is 6.10 Å². The fourth-order valence-corrected chi connectivity index (χ4v) is 5.36. The molecule has 0 N–H and O–H groups in total. The molecule has 1 rings (SSSR count). The molecule has 0 spiro atoms. The molecule has 0 saturated heterocycles. The summed E-state index contributed by atoms with van der Waals surface area (Å²) in [5, 5.41) is 0. The van der Waals surface area contributed by atoms with Crippen LogP contribution in [0.2, 0.25) is 6.04 Å². The fourth-order valence-electron chi connectivity index (χ4n) is 2.51. The highest BCUT2D eigenvalue weighted by Crippen LogP contribution is 2.29. The SMILES string of the molecule is C=Cc1ccc(C(CC)O[Si](CCC)(OCC)OCC)cc1. The zero-order valence-electron chi connectivity index (χ0n) is 14.4. The molecule has 0 aliphatic rings. The van der Waals surface area contributed by atoms with Crippen molar-refractivity contribution in [3.05, 3.63) is 42.0 Å². The summed E-state index contributed by atoms with van der Waals surface area (Å²) in [5.74, 6) is 0. The molecular weight excluding hydrogens is 292 g/mol. The maximum absolute atomic E-state index is 6.44. The van der Waals surface area contributed by atoms with Crippen LogP contribution in [0.25, 0.3) is 6.08 Å². The van der Waals surface area contributed by atoms with Crippen LogP contribution in [0.3, 0.4) is 0 Å². The summed E-state index contributed by atoms with van der Waals surface area (Å²) in [4.78, 5) is 0. The predicted molar refractivity (Wildman–Crippen MR) is 94.8 cm³/mol. The molecule has 0 bridgehead atoms. The molecule has 0 heterocycles. The van der Waals surface area contributed by atoms with Crippen LogP contribution in [0.5, 0.6) is 0 Å². The second-order valence-corrected chi connectivity index (χ2v) is 7.86. The van der Waals surface area contributed by atoms with Crippen molar-refractivity contribution < 1.29 is 13.3 Å². The van der Waals surface area contributed by atoms with E-state index in [1.165, 1.54) is 5.56 Å². The first-order chi connectivity index (χ1) is 10.6. The minimum Gasteiger partial charge on any atom is -0.374 e. The van der Waals surface area contributed by atoms with Crippen molar-refractivity contribution in [2.45, 2.75) is 52.7 Å². The molecule has 0 saturated carbocycles. The number of hydrogen-bond acceptors (Lipinski definition) is 3. The molecule has 1 aromatic carbocycles. The minimum atomic E-state index is -2.60. The summed E-state index contributed by atoms with van der Waals surface area (Å²) < 4.78 is 18.4. The Balaban J connectivity index is 2.96. The van der Waals surface area contributed by atoms with Crippen LogP contribution in [-0.4, -0.2) is 22.0 Å². The van der Waals surface area contributed by atoms with Gasteiger partial charge in [-0.2, -0.15) is 0 Å². The Morgan fingerprint density at radius 3 is 2.05 bits per heavy atom. The lowest BCUT2D eigenvalue weighted by molar-refractivity contribution is 0.0299. The third kappa shape index (κ3) is 5.36. The van der Waals surface area contributed by atoms with Gasteiger partial charge in [0.05, 0.1) is 6.10 Å². The van der Waals surface area contributed by atoms with Crippen molar-refractivity contribution in [1.82, 2.24) is 0 Å². The van der Waals surface area contributed by atoms with Gasteiger partial charge in [0.1, 0.15) is 0 Å². The Morgan fingerprint density at radius 2 is 1.64 bits per heavy atom. The first kappa shape index (κ1) is 19.1. The smallest absolute Gasteiger partial charge is 0.374 e. The number of hydrogen-bond donors (Lipinski definition) is 0. The quantitative estimate of drug-likeness (QED) is 0.523. The summed E-state index contributed by atoms with van der Waals surface area (Å²) in [7, 11) is -2.60. The summed E-state index contributed by atoms with van der Waals surface area (Å²) in [5.41, 5.74) is 2.28. The van der Waals surface area contributed by atoms with E-state index in [0.717, 1.165) is 24.4 Å². The van der Waals surface area contributed by atoms with Crippen molar-refractivity contribution in [2.75, 3.05) is 13.2 Å². The molecule has 22 heavy (non-hydrogen) atoms. The highest BCUT2D eigenvalue weighted by atomic mass is 28.4. The first-order valence-electron chi connectivity index (χ1n) is 8.32. The van der Waals surface area contributed by atoms with E-state index in [2.05, 4.69) is 44.7 Å². The molecule has 0 aliphatic carbocycles. The van der Waals surface area contributed by atoms with Gasteiger partial charge in [0.2, 0.25) is 0 Å². The zero-order chi connectivity index (χ0) is 16.4. The third-order valence-corrected chi connectivity index (χ3v) is 6.73. The van der Waals surface area contributed by atoms with Gasteiger partial charge >= 0.3 is 8.80 Å². The van der Waals surface area contributed by atoms with Gasteiger partial charge in [-0.05, 0) is 31.4 Å². The monoisotopic (exact) mass is 322 g/mol. The maximum Gasteiger partial charge on any atom is 0.501 e. The Bertz CT molecular complexity index is 413. The Morgan fingerprint density at radius 1 is 1.05 bits per heavy atom. The van der Waals surface area contributed by atoms with E-state index in [4.69, 9.17) is 13.3 Å². The van der Waals surface area contributed by atoms with E-state index in [0.29, 0.717) is 13.2 Å². The molecule has 4 heteroatoms. The molecule has 1 aromatic rings. The highest BCUT2D eigenvalue weighted by molar-refractivity contribution is 6.60. The first-order valence-corrected chi connectivity index (χ1v) is 10.3. The number of rotatable bonds is 11. The second-order valence-electron chi connectivity index (χ2n) is 5.18. The van der Waals surface area contributed by atoms with Crippen LogP contribution in [0, 0.1) is 0 Å². The summed E-state index contributed by atoms with van der Waals surface area (Å²) >= 11 is 0. The van der Waals surface area contributed by atoms with Crippen molar-refractivity contribution in [1.29, 1.82) is 0 Å². The Hall–Kier alpha value is -0.943. The fraction of sp³-hybridized carbons (Fsp3) is 0.556. The van der Waals surface area contributed by atoms with Gasteiger partial charge in [-0.15, -0.1) is 0 Å². The molecular formula is C18H30O3Si. The molecule has 1 atom stereocenters. The van der Waals surface area contributed by atoms with Gasteiger partial charge in [0.15, 0.2) is 0 Å². The van der Waals surface area contributed by atoms with Crippen LogP contribution in [-0.2, 0) is 13.3 Å². The average molecular weight is 323 g/mol. The lowest BCUT2D eigenvalue weighted by atomic mass is 10.1. The standard InChI is InChI=1S/C18H30O3Si/c1-6-15-22(19-9-4,20-10-5)21-18(8-3)17-13-11-16(7-2)12-14-17/h7,11-14,18H,2,6,8-10,15H2,1,3-5H3. The van der Waals surface area contributed by atoms with Gasteiger partial charge in [-0.3, -0.25) is 0 Å². The van der Waals surface area contributed by atoms with Crippen LogP contribution in [0.4, 0.5) is 0 Å². The van der Waals surface area contributed by atoms with E-state index in [9.17, 15) is 0 Å². The van der Waals surface area contributed by atoms with E-state index in [1.807, 2.05) is 19.9 Å². The summed E-state index contributed by atoms with van der Waals surface area (Å²) in [6.45, 7) is 13.3. The number of benzene rings is 1. The van der Waals surface area contributed by atoms with Gasteiger partial charge in [0, 0.05) is 19.3 Å². The molecule has 0 aromatic heterocycles. The zero-order valence-corrected chi connectivity index (χ0v) is 15.4. The van der Waals surface area contributed by atoms with Crippen LogP contribution >= 0.6 is 0 Å². The minimum absolute atomic E-state index is 0.00943. The second kappa shape index (κ2) is 9.95. The summed E-state index contributed by atoms with van der Waals surface area (Å²) in [6.07, 6.45) is 3.75. The van der Waals surface area contributed by atoms with E-state index < -0.39 is 8.80 Å². The van der Waals surface area contributed by atoms with Crippen molar-refractivity contribution in [3.63, 3.8) is 0 Å². The normalized spacial score (nSPS) is 13.1. The van der Waals surface area contributed by atoms with Crippen LogP contribution < -0.4 is 0 Å². The third-order valence-electron chi connectivity index (χ3n) is 3.52. The largest absolute Gasteiger partial charge is 0.501 e. The lowest BCUT2D eigenvalue weighted by Gasteiger charge is -2.32. The molecule has 0 fully saturated rings. The highest BCUT2D eigenvalue weighted by Gasteiger charge is 2.42. The molecule has 1 unspecified atom stereocenters. The molecule has 0 radical (unpaired) electrons. The molecule has 124 valence electrons. The van der Waals surface area contributed by atoms with Gasteiger partial charge in [-0.1, -0.05) is 57.2 Å². The van der Waals surface area contributed by atoms with Crippen LogP contribution in [0.1, 0.15) is 57.8 Å². The van der Waals surface area contributed by atoms with Crippen molar-refractivity contribution in [3.8, 4) is 0 Å². The van der Waals surface area contributed by atoms with Gasteiger partial charge < -0.3 is 13.3 Å². The van der Waals surface area contributed by atoms with E-state index in [1.54, 1.807) is 0 Å². The van der Waals surface area contributed by atoms with Gasteiger partial charge in [-0.25, -0.2) is 0 Å². The molecule has 0 aliphatic heterocycles. The molecule has 0 amide bonds. The van der Waals surface area contributed by atoms with Gasteiger partial charge in [0.25, 0.3) is 0 Å². The van der Waals surface area contributed by atoms with E-state index >= 15 is 0 Å². The topological polar surface area (TPSA) is 27.7 Å². The van der Waals surface area contributed by atoms with Crippen molar-refractivity contribution >= 4 is 14.9 Å². The maximum atomic E-state index is 6.44. The Labute approximate surface area is 136 Å². The average Bonchev–Trinajstić information content (AvgIpc) is 2.53.